The van der Waals surface area contributed by atoms with Crippen molar-refractivity contribution >= 4 is 16.1 Å². The van der Waals surface area contributed by atoms with E-state index in [2.05, 4.69) is 9.97 Å². The lowest BCUT2D eigenvalue weighted by Gasteiger charge is -2.14. The fourth-order valence-corrected chi connectivity index (χ4v) is 3.12. The Kier molecular flexibility index (Phi) is 6.66. The number of hydrogen-bond donors (Lipinski definition) is 2. The largest absolute Gasteiger partial charge is 0.464 e. The van der Waals surface area contributed by atoms with Gasteiger partial charge in [0.2, 0.25) is 15.9 Å². The maximum atomic E-state index is 12.0. The second-order valence-electron chi connectivity index (χ2n) is 5.50. The maximum Gasteiger partial charge on any atom is 0.420 e. The molecule has 1 amide bonds. The van der Waals surface area contributed by atoms with Gasteiger partial charge in [-0.15, -0.1) is 0 Å². The molecule has 0 unspecified atom stereocenters. The summed E-state index contributed by atoms with van der Waals surface area (Å²) in [5.41, 5.74) is 6.62. The summed E-state index contributed by atoms with van der Waals surface area (Å²) < 4.78 is 34.9. The molecule has 0 radical (unpaired) electrons. The highest BCUT2D eigenvalue weighted by molar-refractivity contribution is 7.88. The fraction of sp³-hybridized carbons (Fsp3) is 0.312. The first-order valence-corrected chi connectivity index (χ1v) is 9.38. The first kappa shape index (κ1) is 20.6. The molecular weight excluding hydrogens is 376 g/mol. The van der Waals surface area contributed by atoms with Crippen molar-refractivity contribution in [2.24, 2.45) is 5.73 Å². The highest BCUT2D eigenvalue weighted by Gasteiger charge is 2.23. The maximum absolute atomic E-state index is 12.0. The highest BCUT2D eigenvalue weighted by Crippen LogP contribution is 2.22. The number of aromatic nitrogens is 2. The predicted molar refractivity (Wildman–Crippen MR) is 95.6 cm³/mol. The third-order valence-corrected chi connectivity index (χ3v) is 5.15. The van der Waals surface area contributed by atoms with Crippen LogP contribution in [0.15, 0.2) is 30.3 Å². The van der Waals surface area contributed by atoms with E-state index in [0.717, 1.165) is 7.05 Å². The van der Waals surface area contributed by atoms with Gasteiger partial charge < -0.3 is 20.3 Å². The molecule has 1 aromatic carbocycles. The first-order valence-electron chi connectivity index (χ1n) is 7.77. The van der Waals surface area contributed by atoms with Gasteiger partial charge in [0.25, 0.3) is 0 Å². The number of nitrogens with two attached hydrogens (primary N) is 1. The molecule has 1 heterocycles. The second-order valence-corrected chi connectivity index (χ2v) is 7.50. The van der Waals surface area contributed by atoms with Gasteiger partial charge in [0.1, 0.15) is 12.4 Å². The van der Waals surface area contributed by atoms with E-state index >= 15 is 0 Å². The monoisotopic (exact) mass is 396 g/mol. The van der Waals surface area contributed by atoms with Crippen molar-refractivity contribution in [1.82, 2.24) is 14.3 Å². The zero-order chi connectivity index (χ0) is 20.0. The first-order chi connectivity index (χ1) is 12.7. The number of carboxylic acid groups (broad SMARTS) is 1. The minimum absolute atomic E-state index is 0.206. The number of ether oxygens (including phenoxy) is 2. The third-order valence-electron chi connectivity index (χ3n) is 3.47. The van der Waals surface area contributed by atoms with Crippen LogP contribution >= 0.6 is 0 Å². The normalized spacial score (nSPS) is 11.2. The van der Waals surface area contributed by atoms with Crippen molar-refractivity contribution < 1.29 is 27.8 Å². The summed E-state index contributed by atoms with van der Waals surface area (Å²) >= 11 is 0. The minimum atomic E-state index is -3.96. The quantitative estimate of drug-likeness (QED) is 0.674. The molecule has 11 heteroatoms. The molecule has 0 bridgehead atoms. The molecule has 10 nitrogen and oxygen atoms in total. The van der Waals surface area contributed by atoms with E-state index in [1.54, 1.807) is 18.2 Å². The Morgan fingerprint density at radius 1 is 1.26 bits per heavy atom. The van der Waals surface area contributed by atoms with Crippen molar-refractivity contribution in [1.29, 1.82) is 0 Å². The van der Waals surface area contributed by atoms with Crippen LogP contribution in [0.5, 0.6) is 11.6 Å². The van der Waals surface area contributed by atoms with Gasteiger partial charge in [-0.25, -0.2) is 22.5 Å². The molecular formula is C16H20N4O6S. The number of hydrogen-bond acceptors (Lipinski definition) is 8. The Labute approximate surface area is 156 Å². The summed E-state index contributed by atoms with van der Waals surface area (Å²) in [6, 6.07) is 7.78. The van der Waals surface area contributed by atoms with Gasteiger partial charge in [0.15, 0.2) is 5.82 Å². The number of amides is 1. The molecule has 0 aliphatic rings. The van der Waals surface area contributed by atoms with Crippen LogP contribution in [0.2, 0.25) is 0 Å². The van der Waals surface area contributed by atoms with Crippen LogP contribution < -0.4 is 10.5 Å². The molecule has 27 heavy (non-hydrogen) atoms. The molecule has 146 valence electrons. The lowest BCUT2D eigenvalue weighted by molar-refractivity contribution is 0.176. The van der Waals surface area contributed by atoms with Gasteiger partial charge in [-0.1, -0.05) is 12.1 Å². The van der Waals surface area contributed by atoms with Gasteiger partial charge in [-0.05, 0) is 17.7 Å². The van der Waals surface area contributed by atoms with Crippen LogP contribution in [0.25, 0.3) is 0 Å². The Hall–Kier alpha value is -2.76. The fourth-order valence-electron chi connectivity index (χ4n) is 2.08. The van der Waals surface area contributed by atoms with Crippen LogP contribution in [0.3, 0.4) is 0 Å². The van der Waals surface area contributed by atoms with Crippen molar-refractivity contribution in [3.63, 3.8) is 0 Å². The van der Waals surface area contributed by atoms with Crippen molar-refractivity contribution in [2.75, 3.05) is 14.2 Å². The summed E-state index contributed by atoms with van der Waals surface area (Å²) in [4.78, 5) is 19.2. The topological polar surface area (TPSA) is 145 Å². The molecule has 0 atom stereocenters. The molecule has 0 spiro atoms. The summed E-state index contributed by atoms with van der Waals surface area (Å²) in [5, 5.41) is 8.80. The lowest BCUT2D eigenvalue weighted by atomic mass is 10.2. The highest BCUT2D eigenvalue weighted by atomic mass is 32.2. The average Bonchev–Trinajstić information content (AvgIpc) is 2.62. The van der Waals surface area contributed by atoms with Crippen LogP contribution in [0.4, 0.5) is 4.79 Å². The molecule has 2 aromatic rings. The molecule has 0 aliphatic carbocycles. The number of methoxy groups -OCH3 is 1. The van der Waals surface area contributed by atoms with E-state index < -0.39 is 21.9 Å². The lowest BCUT2D eigenvalue weighted by Crippen LogP contribution is -2.32. The van der Waals surface area contributed by atoms with E-state index in [1.807, 2.05) is 0 Å². The van der Waals surface area contributed by atoms with Crippen LogP contribution in [-0.4, -0.2) is 48.0 Å². The van der Waals surface area contributed by atoms with Crippen LogP contribution in [0.1, 0.15) is 17.1 Å². The third kappa shape index (κ3) is 5.61. The summed E-state index contributed by atoms with van der Waals surface area (Å²) in [6.07, 6.45) is -1.54. The van der Waals surface area contributed by atoms with Crippen molar-refractivity contribution in [2.45, 2.75) is 18.9 Å². The van der Waals surface area contributed by atoms with E-state index in [9.17, 15) is 13.2 Å². The van der Waals surface area contributed by atoms with Crippen molar-refractivity contribution in [3.8, 4) is 11.6 Å². The van der Waals surface area contributed by atoms with Gasteiger partial charge >= 0.3 is 6.09 Å². The number of sulfonamides is 1. The number of rotatable bonds is 8. The number of nitrogens with zero attached hydrogens (tertiary/aromatic N) is 3. The number of carbonyl (C=O) groups is 1. The van der Waals surface area contributed by atoms with Crippen LogP contribution in [-0.2, 0) is 33.7 Å². The molecule has 0 fully saturated rings. The van der Waals surface area contributed by atoms with E-state index in [-0.39, 0.29) is 23.3 Å². The summed E-state index contributed by atoms with van der Waals surface area (Å²) in [5.74, 6) is 0.685. The Morgan fingerprint density at radius 2 is 1.93 bits per heavy atom. The molecule has 0 saturated carbocycles. The Morgan fingerprint density at radius 3 is 2.48 bits per heavy atom. The van der Waals surface area contributed by atoms with Gasteiger partial charge in [-0.2, -0.15) is 4.98 Å². The van der Waals surface area contributed by atoms with Crippen molar-refractivity contribution in [3.05, 3.63) is 47.4 Å². The molecule has 0 aliphatic heterocycles. The average molecular weight is 396 g/mol. The van der Waals surface area contributed by atoms with E-state index in [0.29, 0.717) is 22.8 Å². The zero-order valence-electron chi connectivity index (χ0n) is 14.8. The standard InChI is InChI=1S/C16H20N4O6S/c1-20(16(21)22)27(23,24)10-11-3-5-13(6-4-11)26-15-7-12(8-17)18-14(19-15)9-25-2/h3-7H,8-10,17H2,1-2H3,(H,21,22). The van der Waals surface area contributed by atoms with Gasteiger partial charge in [-0.3, -0.25) is 0 Å². The summed E-state index contributed by atoms with van der Waals surface area (Å²) in [6.45, 7) is 0.418. The Bertz CT molecular complexity index is 902. The molecule has 3 N–H and O–H groups in total. The molecule has 2 rings (SSSR count). The van der Waals surface area contributed by atoms with E-state index in [4.69, 9.17) is 20.3 Å². The Balaban J connectivity index is 2.14. The minimum Gasteiger partial charge on any atom is -0.464 e. The smallest absolute Gasteiger partial charge is 0.420 e. The van der Waals surface area contributed by atoms with Crippen LogP contribution in [0, 0.1) is 0 Å². The predicted octanol–water partition coefficient (Wildman–Crippen LogP) is 1.31. The molecule has 1 aromatic heterocycles. The van der Waals surface area contributed by atoms with E-state index in [1.165, 1.54) is 19.2 Å². The van der Waals surface area contributed by atoms with Gasteiger partial charge in [0.05, 0.1) is 11.4 Å². The SMILES string of the molecule is COCc1nc(CN)cc(Oc2ccc(CS(=O)(=O)N(C)C(=O)O)cc2)n1. The zero-order valence-corrected chi connectivity index (χ0v) is 15.6. The molecule has 0 saturated heterocycles. The number of benzene rings is 1. The second kappa shape index (κ2) is 8.75. The van der Waals surface area contributed by atoms with Gasteiger partial charge in [0, 0.05) is 26.8 Å². The summed E-state index contributed by atoms with van der Waals surface area (Å²) in [7, 11) is -1.46.